The molecule has 0 saturated carbocycles. The maximum absolute atomic E-state index is 13.5. The Morgan fingerprint density at radius 1 is 0.353 bits per heavy atom. The number of hydrogen-bond acceptors (Lipinski definition) is 18. The van der Waals surface area contributed by atoms with E-state index in [-0.39, 0.29) is 18.9 Å². The van der Waals surface area contributed by atoms with Crippen molar-refractivity contribution in [2.45, 2.75) is 458 Å². The van der Waals surface area contributed by atoms with Crippen molar-refractivity contribution in [3.05, 3.63) is 36.5 Å². The Labute approximate surface area is 619 Å². The predicted molar refractivity (Wildman–Crippen MR) is 406 cm³/mol. The second-order valence-electron chi connectivity index (χ2n) is 30.3. The van der Waals surface area contributed by atoms with E-state index in [2.05, 4.69) is 43.5 Å². The van der Waals surface area contributed by atoms with E-state index in [1.807, 2.05) is 6.08 Å². The molecule has 3 rings (SSSR count). The fraction of sp³-hybridized carbons (Fsp3) is 0.916. The van der Waals surface area contributed by atoms with Crippen LogP contribution in [0.1, 0.15) is 354 Å². The summed E-state index contributed by atoms with van der Waals surface area (Å²) in [6, 6.07) is -0.974. The summed E-state index contributed by atoms with van der Waals surface area (Å²) in [4.78, 5) is 13.5. The van der Waals surface area contributed by atoms with Crippen molar-refractivity contribution >= 4 is 5.91 Å². The Bertz CT molecular complexity index is 1980. The van der Waals surface area contributed by atoms with E-state index in [4.69, 9.17) is 28.4 Å². The first-order chi connectivity index (χ1) is 49.8. The molecule has 1 amide bonds. The van der Waals surface area contributed by atoms with Crippen LogP contribution >= 0.6 is 0 Å². The summed E-state index contributed by atoms with van der Waals surface area (Å²) in [5.74, 6) is -0.269. The summed E-state index contributed by atoms with van der Waals surface area (Å²) in [7, 11) is 0. The van der Waals surface area contributed by atoms with Gasteiger partial charge in [0.1, 0.15) is 73.2 Å². The standard InChI is InChI=1S/C83H155NO18/c1-3-5-7-9-11-13-15-17-19-21-23-25-27-29-31-33-35-37-39-41-43-45-47-49-51-53-55-57-59-61-71(89)84-66(67(88)60-58-56-54-52-50-48-46-44-42-40-38-36-34-32-30-28-26-24-22-20-18-16-14-12-10-8-6-4-2)65-97-81-77(95)74(92)79(69(63-86)99-81)102-83-78(96)75(93)80(70(64-87)100-83)101-82-76(94)73(91)72(90)68(62-85)98-82/h15,17,21,23,58,60,66-70,72-83,85-88,90-96H,3-14,16,18-20,22,24-57,59,61-65H2,1-2H3,(H,84,89)/b17-15-,23-21-,60-58+. The quantitative estimate of drug-likeness (QED) is 0.0199. The van der Waals surface area contributed by atoms with Crippen molar-refractivity contribution in [3.63, 3.8) is 0 Å². The van der Waals surface area contributed by atoms with Gasteiger partial charge in [-0.05, 0) is 51.4 Å². The normalized spacial score (nSPS) is 26.3. The molecule has 102 heavy (non-hydrogen) atoms. The number of amides is 1. The minimum absolute atomic E-state index is 0.246. The zero-order chi connectivity index (χ0) is 73.9. The highest BCUT2D eigenvalue weighted by molar-refractivity contribution is 5.76. The second kappa shape index (κ2) is 63.9. The highest BCUT2D eigenvalue weighted by atomic mass is 16.8. The molecule has 12 N–H and O–H groups in total. The molecule has 0 bridgehead atoms. The van der Waals surface area contributed by atoms with E-state index >= 15 is 0 Å². The minimum Gasteiger partial charge on any atom is -0.394 e. The third-order valence-corrected chi connectivity index (χ3v) is 21.2. The Balaban J connectivity index is 1.36. The Hall–Kier alpha value is -1.99. The van der Waals surface area contributed by atoms with Gasteiger partial charge >= 0.3 is 0 Å². The van der Waals surface area contributed by atoms with Crippen LogP contribution < -0.4 is 5.32 Å². The topological polar surface area (TPSA) is 307 Å². The highest BCUT2D eigenvalue weighted by Gasteiger charge is 2.54. The van der Waals surface area contributed by atoms with Crippen LogP contribution in [0.5, 0.6) is 0 Å². The molecule has 3 heterocycles. The first-order valence-corrected chi connectivity index (χ1v) is 42.2. The molecule has 0 aromatic rings. The predicted octanol–water partition coefficient (Wildman–Crippen LogP) is 14.7. The summed E-state index contributed by atoms with van der Waals surface area (Å²) in [6.45, 7) is 1.79. The fourth-order valence-corrected chi connectivity index (χ4v) is 14.4. The molecule has 0 spiro atoms. The third kappa shape index (κ3) is 43.3. The molecular formula is C83H155NO18. The molecule has 19 heteroatoms. The smallest absolute Gasteiger partial charge is 0.220 e. The summed E-state index contributed by atoms with van der Waals surface area (Å²) >= 11 is 0. The number of carbonyl (C=O) groups is 1. The lowest BCUT2D eigenvalue weighted by Gasteiger charge is -2.48. The maximum atomic E-state index is 13.5. The summed E-state index contributed by atoms with van der Waals surface area (Å²) in [5, 5.41) is 121. The van der Waals surface area contributed by atoms with Gasteiger partial charge in [0.05, 0.1) is 38.6 Å². The molecule has 0 aliphatic carbocycles. The van der Waals surface area contributed by atoms with Crippen LogP contribution in [0.15, 0.2) is 36.5 Å². The maximum Gasteiger partial charge on any atom is 0.220 e. The fourth-order valence-electron chi connectivity index (χ4n) is 14.4. The van der Waals surface area contributed by atoms with Gasteiger partial charge in [0.25, 0.3) is 0 Å². The van der Waals surface area contributed by atoms with Crippen molar-refractivity contribution in [1.29, 1.82) is 0 Å². The van der Waals surface area contributed by atoms with Crippen LogP contribution in [0.25, 0.3) is 0 Å². The monoisotopic (exact) mass is 1450 g/mol. The van der Waals surface area contributed by atoms with Crippen LogP contribution in [0.4, 0.5) is 0 Å². The van der Waals surface area contributed by atoms with E-state index in [1.54, 1.807) is 6.08 Å². The van der Waals surface area contributed by atoms with Gasteiger partial charge in [0.2, 0.25) is 5.91 Å². The number of rotatable bonds is 68. The van der Waals surface area contributed by atoms with E-state index in [0.717, 1.165) is 51.4 Å². The number of aliphatic hydroxyl groups is 11. The van der Waals surface area contributed by atoms with Crippen LogP contribution in [0.2, 0.25) is 0 Å². The second-order valence-corrected chi connectivity index (χ2v) is 30.3. The lowest BCUT2D eigenvalue weighted by atomic mass is 9.96. The van der Waals surface area contributed by atoms with Gasteiger partial charge in [0, 0.05) is 6.42 Å². The van der Waals surface area contributed by atoms with Crippen molar-refractivity contribution in [1.82, 2.24) is 5.32 Å². The molecule has 17 unspecified atom stereocenters. The van der Waals surface area contributed by atoms with Gasteiger partial charge in [-0.25, -0.2) is 0 Å². The van der Waals surface area contributed by atoms with Crippen molar-refractivity contribution in [3.8, 4) is 0 Å². The van der Waals surface area contributed by atoms with Gasteiger partial charge in [0.15, 0.2) is 18.9 Å². The molecule has 600 valence electrons. The van der Waals surface area contributed by atoms with Gasteiger partial charge in [-0.1, -0.05) is 333 Å². The molecule has 0 aromatic carbocycles. The Kier molecular flexibility index (Phi) is 59.0. The van der Waals surface area contributed by atoms with E-state index < -0.39 is 124 Å². The van der Waals surface area contributed by atoms with Crippen molar-refractivity contribution in [2.75, 3.05) is 26.4 Å². The van der Waals surface area contributed by atoms with Gasteiger partial charge in [-0.3, -0.25) is 4.79 Å². The van der Waals surface area contributed by atoms with Crippen molar-refractivity contribution < 1.29 is 89.4 Å². The van der Waals surface area contributed by atoms with Gasteiger partial charge in [-0.15, -0.1) is 0 Å². The summed E-state index contributed by atoms with van der Waals surface area (Å²) in [6.07, 6.45) is 52.8. The first-order valence-electron chi connectivity index (χ1n) is 42.2. The largest absolute Gasteiger partial charge is 0.394 e. The SMILES string of the molecule is CCCCCCC/C=C\C/C=C\CCCCCCCCCCCCCCCCCCCC(=O)NC(COC1OC(CO)C(OC2OC(CO)C(OC3OC(CO)C(O)C(O)C3O)C(O)C2O)C(O)C1O)C(O)/C=C/CCCCCCCCCCCCCCCCCCCCCCCCCCCC. The van der Waals surface area contributed by atoms with Gasteiger partial charge < -0.3 is 89.9 Å². The summed E-state index contributed by atoms with van der Waals surface area (Å²) < 4.78 is 34.5. The Morgan fingerprint density at radius 2 is 0.647 bits per heavy atom. The molecule has 3 saturated heterocycles. The lowest BCUT2D eigenvalue weighted by Crippen LogP contribution is -2.66. The average molecular weight is 1460 g/mol. The molecule has 3 aliphatic rings. The Morgan fingerprint density at radius 3 is 1.00 bits per heavy atom. The number of nitrogens with one attached hydrogen (secondary N) is 1. The average Bonchev–Trinajstić information content (AvgIpc) is 0.766. The zero-order valence-electron chi connectivity index (χ0n) is 64.4. The number of allylic oxidation sites excluding steroid dienone is 5. The van der Waals surface area contributed by atoms with Crippen LogP contribution in [-0.2, 0) is 33.2 Å². The van der Waals surface area contributed by atoms with E-state index in [0.29, 0.717) is 6.42 Å². The van der Waals surface area contributed by atoms with Crippen molar-refractivity contribution in [2.24, 2.45) is 0 Å². The molecule has 17 atom stereocenters. The van der Waals surface area contributed by atoms with E-state index in [9.17, 15) is 61.0 Å². The third-order valence-electron chi connectivity index (χ3n) is 21.2. The molecule has 3 fully saturated rings. The number of unbranched alkanes of at least 4 members (excludes halogenated alkanes) is 48. The number of ether oxygens (including phenoxy) is 6. The van der Waals surface area contributed by atoms with E-state index in [1.165, 1.54) is 276 Å². The summed E-state index contributed by atoms with van der Waals surface area (Å²) in [5.41, 5.74) is 0. The number of aliphatic hydroxyl groups excluding tert-OH is 11. The number of carbonyl (C=O) groups excluding carboxylic acids is 1. The first kappa shape index (κ1) is 94.2. The molecule has 3 aliphatic heterocycles. The highest BCUT2D eigenvalue weighted by Crippen LogP contribution is 2.33. The number of hydrogen-bond donors (Lipinski definition) is 12. The molecule has 0 aromatic heterocycles. The molecule has 19 nitrogen and oxygen atoms in total. The molecular weight excluding hydrogens is 1300 g/mol. The zero-order valence-corrected chi connectivity index (χ0v) is 64.4. The minimum atomic E-state index is -1.98. The lowest BCUT2D eigenvalue weighted by molar-refractivity contribution is -0.379. The molecule has 0 radical (unpaired) electrons. The van der Waals surface area contributed by atoms with Crippen LogP contribution in [-0.4, -0.2) is 193 Å². The van der Waals surface area contributed by atoms with Crippen LogP contribution in [0, 0.1) is 0 Å². The van der Waals surface area contributed by atoms with Gasteiger partial charge in [-0.2, -0.15) is 0 Å². The van der Waals surface area contributed by atoms with Crippen LogP contribution in [0.3, 0.4) is 0 Å².